The van der Waals surface area contributed by atoms with Gasteiger partial charge < -0.3 is 31.4 Å². The van der Waals surface area contributed by atoms with E-state index in [2.05, 4.69) is 20.6 Å². The highest BCUT2D eigenvalue weighted by atomic mass is 35.5. The summed E-state index contributed by atoms with van der Waals surface area (Å²) in [6.45, 7) is 0.866. The third kappa shape index (κ3) is 5.67. The molecule has 1 saturated heterocycles. The highest BCUT2D eigenvalue weighted by molar-refractivity contribution is 7.09. The Morgan fingerprint density at radius 3 is 2.78 bits per heavy atom. The van der Waals surface area contributed by atoms with Crippen LogP contribution in [0.1, 0.15) is 57.7 Å². The summed E-state index contributed by atoms with van der Waals surface area (Å²) >= 11 is 7.33. The molecule has 4 rings (SSSR count). The van der Waals surface area contributed by atoms with Crippen molar-refractivity contribution in [1.29, 1.82) is 0 Å². The first-order chi connectivity index (χ1) is 17.3. The number of amides is 3. The summed E-state index contributed by atoms with van der Waals surface area (Å²) in [6.07, 6.45) is 5.78. The number of likely N-dealkylation sites (N-methyl/N-ethyl adjacent to an activating group) is 1. The summed E-state index contributed by atoms with van der Waals surface area (Å²) in [4.78, 5) is 49.0. The van der Waals surface area contributed by atoms with Gasteiger partial charge in [-0.2, -0.15) is 0 Å². The van der Waals surface area contributed by atoms with Crippen LogP contribution in [0.3, 0.4) is 0 Å². The largest absolute Gasteiger partial charge is 0.357 e. The zero-order chi connectivity index (χ0) is 25.8. The van der Waals surface area contributed by atoms with E-state index in [4.69, 9.17) is 23.1 Å². The lowest BCUT2D eigenvalue weighted by atomic mass is 10.1. The molecular formula is C23H29ClN8O3S. The topological polar surface area (TPSA) is 161 Å². The van der Waals surface area contributed by atoms with Crippen LogP contribution in [-0.4, -0.2) is 69.2 Å². The second-order valence-electron chi connectivity index (χ2n) is 8.70. The van der Waals surface area contributed by atoms with Gasteiger partial charge in [-0.1, -0.05) is 11.6 Å². The summed E-state index contributed by atoms with van der Waals surface area (Å²) in [5.74, 6) is -0.993. The van der Waals surface area contributed by atoms with Crippen LogP contribution in [0, 0.1) is 0 Å². The molecule has 0 bridgehead atoms. The molecule has 0 aromatic carbocycles. The monoisotopic (exact) mass is 532 g/mol. The molecule has 3 aromatic rings. The van der Waals surface area contributed by atoms with E-state index >= 15 is 0 Å². The highest BCUT2D eigenvalue weighted by Crippen LogP contribution is 2.34. The van der Waals surface area contributed by atoms with E-state index in [0.29, 0.717) is 48.0 Å². The maximum absolute atomic E-state index is 13.4. The molecule has 192 valence electrons. The summed E-state index contributed by atoms with van der Waals surface area (Å²) in [6, 6.07) is 2.15. The average molecular weight is 533 g/mol. The quantitative estimate of drug-likeness (QED) is 0.302. The van der Waals surface area contributed by atoms with Crippen LogP contribution >= 0.6 is 22.9 Å². The van der Waals surface area contributed by atoms with Gasteiger partial charge in [0.1, 0.15) is 28.1 Å². The molecule has 0 radical (unpaired) electrons. The number of hydrogen-bond acceptors (Lipinski definition) is 8. The number of carbonyl (C=O) groups is 3. The number of pyridine rings is 1. The summed E-state index contributed by atoms with van der Waals surface area (Å²) in [5.41, 5.74) is 12.8. The number of nitrogens with zero attached hydrogens (tertiary/aromatic N) is 4. The normalized spacial score (nSPS) is 18.4. The third-order valence-electron chi connectivity index (χ3n) is 6.08. The molecule has 1 fully saturated rings. The van der Waals surface area contributed by atoms with E-state index in [9.17, 15) is 14.4 Å². The SMILES string of the molecule is CNC(=O)C(CCCCN)NC(=O)c1csc([C@@H]2C[C@@H](N)CN2C(=O)c2cn3cc(Cl)ccc3n2)n1. The fraction of sp³-hybridized carbons (Fsp3) is 0.435. The van der Waals surface area contributed by atoms with Gasteiger partial charge in [-0.3, -0.25) is 14.4 Å². The van der Waals surface area contributed by atoms with Crippen molar-refractivity contribution in [2.24, 2.45) is 11.5 Å². The fourth-order valence-electron chi connectivity index (χ4n) is 4.25. The van der Waals surface area contributed by atoms with Gasteiger partial charge in [0.25, 0.3) is 11.8 Å². The Bertz CT molecular complexity index is 1260. The number of aromatic nitrogens is 3. The van der Waals surface area contributed by atoms with Crippen LogP contribution in [0.15, 0.2) is 29.9 Å². The van der Waals surface area contributed by atoms with E-state index < -0.39 is 11.9 Å². The van der Waals surface area contributed by atoms with Crippen molar-refractivity contribution >= 4 is 46.3 Å². The van der Waals surface area contributed by atoms with E-state index in [1.54, 1.807) is 39.2 Å². The standard InChI is InChI=1S/C23H29ClN8O3S/c1-27-20(33)15(4-2-3-7-25)29-21(34)17-12-36-22(30-17)18-8-14(26)10-32(18)23(35)16-11-31-9-13(24)5-6-19(31)28-16/h5-6,9,11-12,14-15,18H,2-4,7-8,10,25-26H2,1H3,(H,27,33)(H,29,34)/t14-,15?,18+/m1/s1. The molecule has 11 nitrogen and oxygen atoms in total. The van der Waals surface area contributed by atoms with E-state index in [0.717, 1.165) is 6.42 Å². The predicted molar refractivity (Wildman–Crippen MR) is 137 cm³/mol. The van der Waals surface area contributed by atoms with Gasteiger partial charge in [0, 0.05) is 37.4 Å². The van der Waals surface area contributed by atoms with Crippen LogP contribution in [0.25, 0.3) is 5.65 Å². The van der Waals surface area contributed by atoms with Gasteiger partial charge >= 0.3 is 0 Å². The van der Waals surface area contributed by atoms with Crippen molar-refractivity contribution in [1.82, 2.24) is 29.9 Å². The van der Waals surface area contributed by atoms with Crippen LogP contribution in [-0.2, 0) is 4.79 Å². The smallest absolute Gasteiger partial charge is 0.274 e. The zero-order valence-corrected chi connectivity index (χ0v) is 21.4. The Morgan fingerprint density at radius 2 is 2.03 bits per heavy atom. The number of halogens is 1. The molecule has 6 N–H and O–H groups in total. The first kappa shape index (κ1) is 26.0. The number of hydrogen-bond donors (Lipinski definition) is 4. The number of likely N-dealkylation sites (tertiary alicyclic amines) is 1. The molecule has 1 aliphatic rings. The minimum atomic E-state index is -0.680. The van der Waals surface area contributed by atoms with Crippen molar-refractivity contribution in [3.05, 3.63) is 51.3 Å². The number of fused-ring (bicyclic) bond motifs is 1. The van der Waals surface area contributed by atoms with Gasteiger partial charge in [-0.05, 0) is 44.4 Å². The van der Waals surface area contributed by atoms with E-state index in [-0.39, 0.29) is 35.3 Å². The summed E-state index contributed by atoms with van der Waals surface area (Å²) in [5, 5.41) is 8.10. The Morgan fingerprint density at radius 1 is 1.22 bits per heavy atom. The van der Waals surface area contributed by atoms with Gasteiger partial charge in [0.05, 0.1) is 11.1 Å². The Labute approximate surface area is 217 Å². The van der Waals surface area contributed by atoms with Crippen molar-refractivity contribution in [2.75, 3.05) is 20.1 Å². The first-order valence-electron chi connectivity index (χ1n) is 11.7. The number of unbranched alkanes of at least 4 members (excludes halogenated alkanes) is 1. The zero-order valence-electron chi connectivity index (χ0n) is 19.8. The number of imidazole rings is 1. The molecular weight excluding hydrogens is 504 g/mol. The van der Waals surface area contributed by atoms with Gasteiger partial charge in [-0.25, -0.2) is 9.97 Å². The second kappa shape index (κ2) is 11.3. The Hall–Kier alpha value is -3.06. The van der Waals surface area contributed by atoms with Crippen molar-refractivity contribution in [3.63, 3.8) is 0 Å². The first-order valence-corrected chi connectivity index (χ1v) is 12.9. The number of thiazole rings is 1. The van der Waals surface area contributed by atoms with Crippen molar-refractivity contribution in [3.8, 4) is 0 Å². The second-order valence-corrected chi connectivity index (χ2v) is 10.0. The molecule has 3 aromatic heterocycles. The van der Waals surface area contributed by atoms with Crippen LogP contribution in [0.5, 0.6) is 0 Å². The molecule has 4 heterocycles. The maximum atomic E-state index is 13.4. The molecule has 1 aliphatic heterocycles. The molecule has 3 atom stereocenters. The molecule has 13 heteroatoms. The van der Waals surface area contributed by atoms with Gasteiger partial charge in [-0.15, -0.1) is 11.3 Å². The Balaban J connectivity index is 1.50. The molecule has 0 saturated carbocycles. The highest BCUT2D eigenvalue weighted by Gasteiger charge is 2.38. The number of carbonyl (C=O) groups excluding carboxylic acids is 3. The molecule has 1 unspecified atom stereocenters. The van der Waals surface area contributed by atoms with E-state index in [1.165, 1.54) is 18.4 Å². The summed E-state index contributed by atoms with van der Waals surface area (Å²) in [7, 11) is 1.53. The van der Waals surface area contributed by atoms with Crippen LogP contribution in [0.2, 0.25) is 5.02 Å². The molecule has 36 heavy (non-hydrogen) atoms. The fourth-order valence-corrected chi connectivity index (χ4v) is 5.35. The third-order valence-corrected chi connectivity index (χ3v) is 7.25. The van der Waals surface area contributed by atoms with Crippen LogP contribution < -0.4 is 22.1 Å². The van der Waals surface area contributed by atoms with Gasteiger partial charge in [0.2, 0.25) is 5.91 Å². The number of nitrogens with one attached hydrogen (secondary N) is 2. The Kier molecular flexibility index (Phi) is 8.19. The van der Waals surface area contributed by atoms with Crippen LogP contribution in [0.4, 0.5) is 0 Å². The molecule has 0 spiro atoms. The minimum Gasteiger partial charge on any atom is -0.357 e. The predicted octanol–water partition coefficient (Wildman–Crippen LogP) is 1.33. The lowest BCUT2D eigenvalue weighted by Gasteiger charge is -2.22. The minimum absolute atomic E-state index is 0.193. The lowest BCUT2D eigenvalue weighted by Crippen LogP contribution is -2.45. The van der Waals surface area contributed by atoms with Crippen molar-refractivity contribution < 1.29 is 14.4 Å². The van der Waals surface area contributed by atoms with Gasteiger partial charge in [0.15, 0.2) is 0 Å². The molecule has 0 aliphatic carbocycles. The number of rotatable bonds is 9. The van der Waals surface area contributed by atoms with Crippen molar-refractivity contribution in [2.45, 2.75) is 43.8 Å². The lowest BCUT2D eigenvalue weighted by molar-refractivity contribution is -0.122. The summed E-state index contributed by atoms with van der Waals surface area (Å²) < 4.78 is 1.70. The number of nitrogens with two attached hydrogens (primary N) is 2. The average Bonchev–Trinajstić information content (AvgIpc) is 3.60. The van der Waals surface area contributed by atoms with E-state index in [1.807, 2.05) is 0 Å². The maximum Gasteiger partial charge on any atom is 0.274 e. The molecule has 3 amide bonds.